The highest BCUT2D eigenvalue weighted by molar-refractivity contribution is 6.30. The van der Waals surface area contributed by atoms with Gasteiger partial charge in [0.25, 0.3) is 0 Å². The summed E-state index contributed by atoms with van der Waals surface area (Å²) in [5.74, 6) is 0.523. The maximum Gasteiger partial charge on any atom is 0.155 e. The van der Waals surface area contributed by atoms with E-state index in [1.54, 1.807) is 31.2 Å². The fraction of sp³-hybridized carbons (Fsp3) is 0.0909. The third-order valence-corrected chi connectivity index (χ3v) is 2.40. The molecule has 3 nitrogen and oxygen atoms in total. The standard InChI is InChI=1S/C11H8ClNO2/c1-7-10(6-14)11(13-15-7)8-2-4-9(12)5-3-8/h2-6H,1H3. The summed E-state index contributed by atoms with van der Waals surface area (Å²) in [6.07, 6.45) is 0.746. The predicted octanol–water partition coefficient (Wildman–Crippen LogP) is 3.12. The van der Waals surface area contributed by atoms with Crippen molar-refractivity contribution in [2.24, 2.45) is 0 Å². The summed E-state index contributed by atoms with van der Waals surface area (Å²) in [5, 5.41) is 4.48. The number of benzene rings is 1. The third kappa shape index (κ3) is 1.78. The molecule has 0 fully saturated rings. The van der Waals surface area contributed by atoms with Crippen molar-refractivity contribution >= 4 is 17.9 Å². The van der Waals surface area contributed by atoms with E-state index in [0.717, 1.165) is 11.8 Å². The molecule has 0 radical (unpaired) electrons. The second-order valence-electron chi connectivity index (χ2n) is 3.13. The van der Waals surface area contributed by atoms with Crippen molar-refractivity contribution in [1.29, 1.82) is 0 Å². The molecule has 1 aromatic carbocycles. The van der Waals surface area contributed by atoms with Gasteiger partial charge in [-0.3, -0.25) is 4.79 Å². The van der Waals surface area contributed by atoms with Crippen molar-refractivity contribution in [3.63, 3.8) is 0 Å². The third-order valence-electron chi connectivity index (χ3n) is 2.14. The van der Waals surface area contributed by atoms with Gasteiger partial charge in [0.2, 0.25) is 0 Å². The van der Waals surface area contributed by atoms with Crippen molar-refractivity contribution in [2.75, 3.05) is 0 Å². The molecule has 0 N–H and O–H groups in total. The van der Waals surface area contributed by atoms with E-state index in [-0.39, 0.29) is 0 Å². The van der Waals surface area contributed by atoms with Crippen LogP contribution < -0.4 is 0 Å². The SMILES string of the molecule is Cc1onc(-c2ccc(Cl)cc2)c1C=O. The molecule has 0 bridgehead atoms. The molecular weight excluding hydrogens is 214 g/mol. The average Bonchev–Trinajstić information content (AvgIpc) is 2.61. The summed E-state index contributed by atoms with van der Waals surface area (Å²) in [6.45, 7) is 1.70. The Balaban J connectivity index is 2.53. The van der Waals surface area contributed by atoms with E-state index in [1.165, 1.54) is 0 Å². The molecule has 0 atom stereocenters. The molecule has 0 aliphatic heterocycles. The number of hydrogen-bond donors (Lipinski definition) is 0. The normalized spacial score (nSPS) is 10.3. The predicted molar refractivity (Wildman–Crippen MR) is 57.1 cm³/mol. The minimum atomic E-state index is 0.484. The van der Waals surface area contributed by atoms with Gasteiger partial charge in [-0.05, 0) is 19.1 Å². The number of aromatic nitrogens is 1. The lowest BCUT2D eigenvalue weighted by molar-refractivity contribution is 0.112. The first-order valence-electron chi connectivity index (χ1n) is 4.40. The molecule has 4 heteroatoms. The van der Waals surface area contributed by atoms with E-state index in [0.29, 0.717) is 22.0 Å². The van der Waals surface area contributed by atoms with E-state index in [9.17, 15) is 4.79 Å². The van der Waals surface area contributed by atoms with Crippen molar-refractivity contribution in [1.82, 2.24) is 5.16 Å². The fourth-order valence-electron chi connectivity index (χ4n) is 1.33. The van der Waals surface area contributed by atoms with Gasteiger partial charge in [0.1, 0.15) is 11.5 Å². The second-order valence-corrected chi connectivity index (χ2v) is 3.56. The molecule has 0 saturated carbocycles. The Morgan fingerprint density at radius 1 is 1.33 bits per heavy atom. The van der Waals surface area contributed by atoms with Crippen LogP contribution in [0.3, 0.4) is 0 Å². The van der Waals surface area contributed by atoms with Crippen LogP contribution in [0.4, 0.5) is 0 Å². The van der Waals surface area contributed by atoms with Crippen LogP contribution in [0.25, 0.3) is 11.3 Å². The number of carbonyl (C=O) groups is 1. The molecule has 0 spiro atoms. The van der Waals surface area contributed by atoms with Gasteiger partial charge in [-0.2, -0.15) is 0 Å². The Labute approximate surface area is 91.6 Å². The summed E-state index contributed by atoms with van der Waals surface area (Å²) in [4.78, 5) is 10.8. The fourth-order valence-corrected chi connectivity index (χ4v) is 1.46. The lowest BCUT2D eigenvalue weighted by Gasteiger charge is -1.96. The first-order valence-corrected chi connectivity index (χ1v) is 4.77. The average molecular weight is 222 g/mol. The van der Waals surface area contributed by atoms with Crippen LogP contribution in [0.2, 0.25) is 5.02 Å². The van der Waals surface area contributed by atoms with Crippen LogP contribution in [0.5, 0.6) is 0 Å². The molecule has 0 saturated heterocycles. The Morgan fingerprint density at radius 3 is 2.60 bits per heavy atom. The number of carbonyl (C=O) groups excluding carboxylic acids is 1. The molecule has 2 aromatic rings. The topological polar surface area (TPSA) is 43.1 Å². The number of aryl methyl sites for hydroxylation is 1. The van der Waals surface area contributed by atoms with Crippen molar-refractivity contribution in [3.8, 4) is 11.3 Å². The molecule has 0 unspecified atom stereocenters. The number of hydrogen-bond acceptors (Lipinski definition) is 3. The van der Waals surface area contributed by atoms with Gasteiger partial charge in [0, 0.05) is 10.6 Å². The highest BCUT2D eigenvalue weighted by atomic mass is 35.5. The van der Waals surface area contributed by atoms with Gasteiger partial charge in [-0.1, -0.05) is 28.9 Å². The first kappa shape index (κ1) is 9.93. The van der Waals surface area contributed by atoms with Crippen LogP contribution in [0.1, 0.15) is 16.1 Å². The number of halogens is 1. The zero-order chi connectivity index (χ0) is 10.8. The van der Waals surface area contributed by atoms with E-state index in [1.807, 2.05) is 0 Å². The smallest absolute Gasteiger partial charge is 0.155 e. The molecule has 76 valence electrons. The van der Waals surface area contributed by atoms with Gasteiger partial charge in [-0.15, -0.1) is 0 Å². The molecule has 0 amide bonds. The van der Waals surface area contributed by atoms with Gasteiger partial charge in [0.15, 0.2) is 6.29 Å². The zero-order valence-electron chi connectivity index (χ0n) is 8.03. The van der Waals surface area contributed by atoms with Crippen LogP contribution in [-0.4, -0.2) is 11.4 Å². The molecule has 0 aliphatic rings. The Kier molecular flexibility index (Phi) is 2.56. The van der Waals surface area contributed by atoms with Gasteiger partial charge in [0.05, 0.1) is 5.56 Å². The maximum atomic E-state index is 10.8. The van der Waals surface area contributed by atoms with Crippen molar-refractivity contribution in [2.45, 2.75) is 6.92 Å². The van der Waals surface area contributed by atoms with Crippen molar-refractivity contribution < 1.29 is 9.32 Å². The molecular formula is C11H8ClNO2. The van der Waals surface area contributed by atoms with E-state index >= 15 is 0 Å². The summed E-state index contributed by atoms with van der Waals surface area (Å²) in [6, 6.07) is 7.09. The Bertz CT molecular complexity index is 488. The minimum absolute atomic E-state index is 0.484. The van der Waals surface area contributed by atoms with E-state index < -0.39 is 0 Å². The largest absolute Gasteiger partial charge is 0.360 e. The molecule has 15 heavy (non-hydrogen) atoms. The zero-order valence-corrected chi connectivity index (χ0v) is 8.78. The lowest BCUT2D eigenvalue weighted by Crippen LogP contribution is -1.85. The van der Waals surface area contributed by atoms with E-state index in [4.69, 9.17) is 16.1 Å². The van der Waals surface area contributed by atoms with Crippen LogP contribution in [0.15, 0.2) is 28.8 Å². The number of nitrogens with zero attached hydrogens (tertiary/aromatic N) is 1. The number of aldehydes is 1. The van der Waals surface area contributed by atoms with Gasteiger partial charge >= 0.3 is 0 Å². The molecule has 2 rings (SSSR count). The maximum absolute atomic E-state index is 10.8. The summed E-state index contributed by atoms with van der Waals surface area (Å²) in [7, 11) is 0. The van der Waals surface area contributed by atoms with Gasteiger partial charge in [-0.25, -0.2) is 0 Å². The summed E-state index contributed by atoms with van der Waals surface area (Å²) >= 11 is 5.76. The van der Waals surface area contributed by atoms with Gasteiger partial charge < -0.3 is 4.52 Å². The van der Waals surface area contributed by atoms with Crippen LogP contribution in [-0.2, 0) is 0 Å². The second kappa shape index (κ2) is 3.87. The highest BCUT2D eigenvalue weighted by Gasteiger charge is 2.13. The quantitative estimate of drug-likeness (QED) is 0.732. The van der Waals surface area contributed by atoms with Crippen molar-refractivity contribution in [3.05, 3.63) is 40.6 Å². The Morgan fingerprint density at radius 2 is 2.00 bits per heavy atom. The summed E-state index contributed by atoms with van der Waals surface area (Å²) < 4.78 is 4.96. The van der Waals surface area contributed by atoms with E-state index in [2.05, 4.69) is 5.16 Å². The highest BCUT2D eigenvalue weighted by Crippen LogP contribution is 2.24. The van der Waals surface area contributed by atoms with Crippen LogP contribution in [0, 0.1) is 6.92 Å². The molecule has 0 aliphatic carbocycles. The van der Waals surface area contributed by atoms with Crippen LogP contribution >= 0.6 is 11.6 Å². The number of rotatable bonds is 2. The molecule has 1 heterocycles. The minimum Gasteiger partial charge on any atom is -0.360 e. The summed E-state index contributed by atoms with van der Waals surface area (Å²) in [5.41, 5.74) is 1.86. The first-order chi connectivity index (χ1) is 7.22. The molecule has 1 aromatic heterocycles. The Hall–Kier alpha value is -1.61. The lowest BCUT2D eigenvalue weighted by atomic mass is 10.1. The monoisotopic (exact) mass is 221 g/mol.